The SMILES string of the molecule is O=C(O)Cc1ccnc(-c2ccc(F)cc2)c1Cl. The number of carboxylic acid groups (broad SMARTS) is 1. The first-order valence-electron chi connectivity index (χ1n) is 5.19. The molecule has 18 heavy (non-hydrogen) atoms. The third-order valence-electron chi connectivity index (χ3n) is 2.43. The van der Waals surface area contributed by atoms with Crippen molar-refractivity contribution in [2.75, 3.05) is 0 Å². The van der Waals surface area contributed by atoms with Gasteiger partial charge in [0.2, 0.25) is 0 Å². The van der Waals surface area contributed by atoms with Crippen molar-refractivity contribution in [3.05, 3.63) is 52.9 Å². The lowest BCUT2D eigenvalue weighted by Crippen LogP contribution is -2.02. The maximum atomic E-state index is 12.8. The Morgan fingerprint density at radius 1 is 1.28 bits per heavy atom. The number of rotatable bonds is 3. The molecule has 0 saturated heterocycles. The van der Waals surface area contributed by atoms with Gasteiger partial charge in [-0.25, -0.2) is 4.39 Å². The van der Waals surface area contributed by atoms with Crippen molar-refractivity contribution in [2.24, 2.45) is 0 Å². The number of pyridine rings is 1. The van der Waals surface area contributed by atoms with Gasteiger partial charge in [-0.3, -0.25) is 9.78 Å². The van der Waals surface area contributed by atoms with Gasteiger partial charge in [-0.15, -0.1) is 0 Å². The van der Waals surface area contributed by atoms with Crippen LogP contribution in [0.3, 0.4) is 0 Å². The van der Waals surface area contributed by atoms with Crippen LogP contribution in [0.25, 0.3) is 11.3 Å². The van der Waals surface area contributed by atoms with E-state index >= 15 is 0 Å². The molecule has 0 amide bonds. The second kappa shape index (κ2) is 5.14. The molecule has 92 valence electrons. The monoisotopic (exact) mass is 265 g/mol. The molecule has 0 aliphatic rings. The summed E-state index contributed by atoms with van der Waals surface area (Å²) in [4.78, 5) is 14.8. The minimum Gasteiger partial charge on any atom is -0.481 e. The topological polar surface area (TPSA) is 50.2 Å². The summed E-state index contributed by atoms with van der Waals surface area (Å²) in [5, 5.41) is 9.04. The van der Waals surface area contributed by atoms with Crippen LogP contribution >= 0.6 is 11.6 Å². The van der Waals surface area contributed by atoms with E-state index in [-0.39, 0.29) is 17.3 Å². The van der Waals surface area contributed by atoms with E-state index in [9.17, 15) is 9.18 Å². The maximum Gasteiger partial charge on any atom is 0.307 e. The van der Waals surface area contributed by atoms with Gasteiger partial charge >= 0.3 is 5.97 Å². The van der Waals surface area contributed by atoms with Crippen molar-refractivity contribution in [3.63, 3.8) is 0 Å². The van der Waals surface area contributed by atoms with Gasteiger partial charge in [0.15, 0.2) is 0 Å². The summed E-state index contributed by atoms with van der Waals surface area (Å²) in [6.07, 6.45) is 1.32. The van der Waals surface area contributed by atoms with E-state index in [0.717, 1.165) is 0 Å². The minimum absolute atomic E-state index is 0.171. The molecule has 2 rings (SSSR count). The number of halogens is 2. The summed E-state index contributed by atoms with van der Waals surface area (Å²) >= 11 is 6.11. The third kappa shape index (κ3) is 2.65. The van der Waals surface area contributed by atoms with Gasteiger partial charge in [-0.2, -0.15) is 0 Å². The van der Waals surface area contributed by atoms with Crippen molar-refractivity contribution < 1.29 is 14.3 Å². The summed E-state index contributed by atoms with van der Waals surface area (Å²) in [5.74, 6) is -1.32. The largest absolute Gasteiger partial charge is 0.481 e. The molecule has 0 radical (unpaired) electrons. The highest BCUT2D eigenvalue weighted by molar-refractivity contribution is 6.34. The Kier molecular flexibility index (Phi) is 3.58. The van der Waals surface area contributed by atoms with Gasteiger partial charge in [0.1, 0.15) is 5.82 Å². The van der Waals surface area contributed by atoms with Crippen LogP contribution in [0.1, 0.15) is 5.56 Å². The Morgan fingerprint density at radius 2 is 1.94 bits per heavy atom. The number of aromatic nitrogens is 1. The molecule has 0 bridgehead atoms. The van der Waals surface area contributed by atoms with Crippen LogP contribution in [0.2, 0.25) is 5.02 Å². The van der Waals surface area contributed by atoms with E-state index in [1.165, 1.54) is 18.3 Å². The van der Waals surface area contributed by atoms with Crippen LogP contribution in [0.4, 0.5) is 4.39 Å². The predicted molar refractivity (Wildman–Crippen MR) is 66.0 cm³/mol. The van der Waals surface area contributed by atoms with Crippen LogP contribution in [-0.2, 0) is 11.2 Å². The standard InChI is InChI=1S/C13H9ClFNO2/c14-12-9(7-11(17)18)5-6-16-13(12)8-1-3-10(15)4-2-8/h1-6H,7H2,(H,17,18). The lowest BCUT2D eigenvalue weighted by molar-refractivity contribution is -0.136. The molecule has 0 aliphatic carbocycles. The smallest absolute Gasteiger partial charge is 0.307 e. The highest BCUT2D eigenvalue weighted by atomic mass is 35.5. The fourth-order valence-electron chi connectivity index (χ4n) is 1.59. The molecular formula is C13H9ClFNO2. The molecule has 0 saturated carbocycles. The zero-order chi connectivity index (χ0) is 13.1. The maximum absolute atomic E-state index is 12.8. The second-order valence-electron chi connectivity index (χ2n) is 3.71. The summed E-state index contributed by atoms with van der Waals surface area (Å²) in [6.45, 7) is 0. The minimum atomic E-state index is -0.965. The first-order valence-corrected chi connectivity index (χ1v) is 5.57. The van der Waals surface area contributed by atoms with E-state index in [1.807, 2.05) is 0 Å². The lowest BCUT2D eigenvalue weighted by Gasteiger charge is -2.07. The van der Waals surface area contributed by atoms with E-state index in [2.05, 4.69) is 4.98 Å². The average molecular weight is 266 g/mol. The molecule has 5 heteroatoms. The van der Waals surface area contributed by atoms with Gasteiger partial charge in [0.25, 0.3) is 0 Å². The molecule has 3 nitrogen and oxygen atoms in total. The number of carbonyl (C=O) groups is 1. The van der Waals surface area contributed by atoms with Crippen LogP contribution in [0, 0.1) is 5.82 Å². The fraction of sp³-hybridized carbons (Fsp3) is 0.0769. The van der Waals surface area contributed by atoms with Gasteiger partial charge in [-0.1, -0.05) is 11.6 Å². The normalized spacial score (nSPS) is 10.3. The number of carboxylic acids is 1. The van der Waals surface area contributed by atoms with Gasteiger partial charge in [0.05, 0.1) is 17.1 Å². The third-order valence-corrected chi connectivity index (χ3v) is 2.85. The lowest BCUT2D eigenvalue weighted by atomic mass is 10.1. The van der Waals surface area contributed by atoms with Crippen LogP contribution in [0.15, 0.2) is 36.5 Å². The van der Waals surface area contributed by atoms with E-state index in [1.54, 1.807) is 18.2 Å². The Balaban J connectivity index is 2.45. The highest BCUT2D eigenvalue weighted by Crippen LogP contribution is 2.28. The molecule has 1 N–H and O–H groups in total. The predicted octanol–water partition coefficient (Wildman–Crippen LogP) is 3.17. The van der Waals surface area contributed by atoms with Gasteiger partial charge < -0.3 is 5.11 Å². The molecule has 0 spiro atoms. The average Bonchev–Trinajstić information content (AvgIpc) is 2.33. The van der Waals surface area contributed by atoms with E-state index in [4.69, 9.17) is 16.7 Å². The zero-order valence-corrected chi connectivity index (χ0v) is 9.99. The zero-order valence-electron chi connectivity index (χ0n) is 9.23. The van der Waals surface area contributed by atoms with Crippen molar-refractivity contribution in [1.82, 2.24) is 4.98 Å². The molecule has 0 fully saturated rings. The summed E-state index contributed by atoms with van der Waals surface area (Å²) in [6, 6.07) is 7.26. The molecule has 2 aromatic rings. The van der Waals surface area contributed by atoms with Gasteiger partial charge in [0, 0.05) is 11.8 Å². The molecule has 0 unspecified atom stereocenters. The fourth-order valence-corrected chi connectivity index (χ4v) is 1.88. The second-order valence-corrected chi connectivity index (χ2v) is 4.09. The Hall–Kier alpha value is -1.94. The highest BCUT2D eigenvalue weighted by Gasteiger charge is 2.12. The summed E-state index contributed by atoms with van der Waals surface area (Å²) < 4.78 is 12.8. The van der Waals surface area contributed by atoms with Crippen LogP contribution in [0.5, 0.6) is 0 Å². The van der Waals surface area contributed by atoms with Crippen molar-refractivity contribution in [1.29, 1.82) is 0 Å². The molecular weight excluding hydrogens is 257 g/mol. The van der Waals surface area contributed by atoms with E-state index in [0.29, 0.717) is 16.8 Å². The summed E-state index contributed by atoms with van der Waals surface area (Å²) in [7, 11) is 0. The number of nitrogens with zero attached hydrogens (tertiary/aromatic N) is 1. The number of benzene rings is 1. The Bertz CT molecular complexity index is 584. The van der Waals surface area contributed by atoms with Gasteiger partial charge in [-0.05, 0) is 35.9 Å². The quantitative estimate of drug-likeness (QED) is 0.927. The van der Waals surface area contributed by atoms with Crippen LogP contribution < -0.4 is 0 Å². The first kappa shape index (κ1) is 12.5. The van der Waals surface area contributed by atoms with Crippen molar-refractivity contribution in [3.8, 4) is 11.3 Å². The molecule has 0 atom stereocenters. The molecule has 0 aliphatic heterocycles. The van der Waals surface area contributed by atoms with E-state index < -0.39 is 5.97 Å². The Morgan fingerprint density at radius 3 is 2.56 bits per heavy atom. The first-order chi connectivity index (χ1) is 8.58. The number of hydrogen-bond acceptors (Lipinski definition) is 2. The molecule has 1 aromatic heterocycles. The van der Waals surface area contributed by atoms with Crippen molar-refractivity contribution in [2.45, 2.75) is 6.42 Å². The van der Waals surface area contributed by atoms with Crippen LogP contribution in [-0.4, -0.2) is 16.1 Å². The Labute approximate surface area is 108 Å². The number of hydrogen-bond donors (Lipinski definition) is 1. The number of aliphatic carboxylic acids is 1. The summed E-state index contributed by atoms with van der Waals surface area (Å²) in [5.41, 5.74) is 1.59. The van der Waals surface area contributed by atoms with Crippen molar-refractivity contribution >= 4 is 17.6 Å². The molecule has 1 aromatic carbocycles. The molecule has 1 heterocycles.